The van der Waals surface area contributed by atoms with E-state index in [1.165, 1.54) is 12.1 Å². The van der Waals surface area contributed by atoms with Gasteiger partial charge in [-0.15, -0.1) is 0 Å². The van der Waals surface area contributed by atoms with Crippen molar-refractivity contribution in [2.24, 2.45) is 5.73 Å². The zero-order chi connectivity index (χ0) is 16.8. The summed E-state index contributed by atoms with van der Waals surface area (Å²) in [6, 6.07) is 12.5. The Bertz CT molecular complexity index is 708. The van der Waals surface area contributed by atoms with Crippen molar-refractivity contribution in [3.05, 3.63) is 64.4 Å². The summed E-state index contributed by atoms with van der Waals surface area (Å²) in [6.07, 6.45) is -1.22. The summed E-state index contributed by atoms with van der Waals surface area (Å²) in [6.45, 7) is -0.546. The van der Waals surface area contributed by atoms with E-state index in [2.05, 4.69) is 15.9 Å². The summed E-state index contributed by atoms with van der Waals surface area (Å²) in [4.78, 5) is 23.2. The molecule has 0 saturated heterocycles. The number of benzene rings is 2. The Morgan fingerprint density at radius 1 is 1.17 bits per heavy atom. The average Bonchev–Trinajstić information content (AvgIpc) is 2.52. The van der Waals surface area contributed by atoms with Gasteiger partial charge in [0, 0.05) is 10.0 Å². The molecular formula is C16H13BrFNO4. The highest BCUT2D eigenvalue weighted by molar-refractivity contribution is 9.10. The van der Waals surface area contributed by atoms with Gasteiger partial charge < -0.3 is 15.2 Å². The number of rotatable bonds is 6. The minimum absolute atomic E-state index is 0.0968. The molecule has 23 heavy (non-hydrogen) atoms. The minimum Gasteiger partial charge on any atom is -0.479 e. The number of halogens is 2. The number of hydrogen-bond donors (Lipinski definition) is 1. The molecular weight excluding hydrogens is 369 g/mol. The predicted molar refractivity (Wildman–Crippen MR) is 84.1 cm³/mol. The molecule has 5 nitrogen and oxygen atoms in total. The average molecular weight is 382 g/mol. The molecule has 0 aliphatic heterocycles. The third kappa shape index (κ3) is 4.79. The number of ether oxygens (including phenoxy) is 2. The van der Waals surface area contributed by atoms with Gasteiger partial charge >= 0.3 is 5.97 Å². The van der Waals surface area contributed by atoms with E-state index in [4.69, 9.17) is 15.2 Å². The standard InChI is InChI=1S/C16H13BrFNO4/c17-11-6-7-13(12(18)8-11)22-9-14(20)23-15(16(19)21)10-4-2-1-3-5-10/h1-8,15H,9H2,(H2,19,21). The number of primary amides is 1. The third-order valence-corrected chi connectivity index (χ3v) is 3.34. The predicted octanol–water partition coefficient (Wildman–Crippen LogP) is 2.74. The number of hydrogen-bond acceptors (Lipinski definition) is 4. The van der Waals surface area contributed by atoms with Gasteiger partial charge in [-0.2, -0.15) is 0 Å². The molecule has 2 aromatic carbocycles. The Labute approximate surface area is 140 Å². The number of amides is 1. The van der Waals surface area contributed by atoms with E-state index in [9.17, 15) is 14.0 Å². The second-order valence-electron chi connectivity index (χ2n) is 4.55. The molecule has 0 bridgehead atoms. The maximum Gasteiger partial charge on any atom is 0.345 e. The summed E-state index contributed by atoms with van der Waals surface area (Å²) in [5, 5.41) is 0. The van der Waals surface area contributed by atoms with Crippen LogP contribution < -0.4 is 10.5 Å². The fourth-order valence-electron chi connectivity index (χ4n) is 1.81. The lowest BCUT2D eigenvalue weighted by molar-refractivity contribution is -0.157. The van der Waals surface area contributed by atoms with Gasteiger partial charge in [-0.25, -0.2) is 9.18 Å². The lowest BCUT2D eigenvalue weighted by Crippen LogP contribution is -2.28. The van der Waals surface area contributed by atoms with Crippen molar-refractivity contribution in [2.45, 2.75) is 6.10 Å². The van der Waals surface area contributed by atoms with Gasteiger partial charge in [0.05, 0.1) is 0 Å². The molecule has 0 heterocycles. The van der Waals surface area contributed by atoms with Crippen molar-refractivity contribution in [1.29, 1.82) is 0 Å². The lowest BCUT2D eigenvalue weighted by atomic mass is 10.1. The quantitative estimate of drug-likeness (QED) is 0.780. The van der Waals surface area contributed by atoms with E-state index in [1.54, 1.807) is 36.4 Å². The molecule has 1 atom stereocenters. The second-order valence-corrected chi connectivity index (χ2v) is 5.46. The molecule has 2 rings (SSSR count). The summed E-state index contributed by atoms with van der Waals surface area (Å²) >= 11 is 3.11. The molecule has 120 valence electrons. The fraction of sp³-hybridized carbons (Fsp3) is 0.125. The molecule has 2 N–H and O–H groups in total. The second kappa shape index (κ2) is 7.73. The van der Waals surface area contributed by atoms with E-state index >= 15 is 0 Å². The van der Waals surface area contributed by atoms with Gasteiger partial charge in [0.2, 0.25) is 6.10 Å². The largest absolute Gasteiger partial charge is 0.479 e. The molecule has 0 aliphatic rings. The Morgan fingerprint density at radius 3 is 2.48 bits per heavy atom. The van der Waals surface area contributed by atoms with Crippen molar-refractivity contribution in [3.63, 3.8) is 0 Å². The zero-order valence-corrected chi connectivity index (χ0v) is 13.5. The summed E-state index contributed by atoms with van der Waals surface area (Å²) in [5.41, 5.74) is 5.69. The van der Waals surface area contributed by atoms with E-state index in [1.807, 2.05) is 0 Å². The smallest absolute Gasteiger partial charge is 0.345 e. The Morgan fingerprint density at radius 2 is 1.87 bits per heavy atom. The first-order chi connectivity index (χ1) is 11.0. The Kier molecular flexibility index (Phi) is 5.70. The maximum absolute atomic E-state index is 13.6. The number of carbonyl (C=O) groups excluding carboxylic acids is 2. The summed E-state index contributed by atoms with van der Waals surface area (Å²) in [7, 11) is 0. The van der Waals surface area contributed by atoms with E-state index in [0.29, 0.717) is 10.0 Å². The molecule has 2 aromatic rings. The van der Waals surface area contributed by atoms with Crippen molar-refractivity contribution in [1.82, 2.24) is 0 Å². The van der Waals surface area contributed by atoms with Crippen LogP contribution in [0.25, 0.3) is 0 Å². The molecule has 0 spiro atoms. The lowest BCUT2D eigenvalue weighted by Gasteiger charge is -2.15. The molecule has 1 amide bonds. The van der Waals surface area contributed by atoms with Gasteiger partial charge in [0.15, 0.2) is 18.2 Å². The molecule has 0 fully saturated rings. The molecule has 0 aromatic heterocycles. The summed E-state index contributed by atoms with van der Waals surface area (Å²) < 4.78 is 24.2. The van der Waals surface area contributed by atoms with Gasteiger partial charge in [-0.1, -0.05) is 46.3 Å². The highest BCUT2D eigenvalue weighted by Crippen LogP contribution is 2.22. The van der Waals surface area contributed by atoms with Crippen molar-refractivity contribution in [3.8, 4) is 5.75 Å². The third-order valence-electron chi connectivity index (χ3n) is 2.85. The molecule has 0 saturated carbocycles. The number of carbonyl (C=O) groups is 2. The first kappa shape index (κ1) is 17.0. The first-order valence-corrected chi connectivity index (χ1v) is 7.38. The highest BCUT2D eigenvalue weighted by atomic mass is 79.9. The Balaban J connectivity index is 1.98. The maximum atomic E-state index is 13.6. The fourth-order valence-corrected chi connectivity index (χ4v) is 2.15. The van der Waals surface area contributed by atoms with Crippen LogP contribution in [-0.2, 0) is 14.3 Å². The van der Waals surface area contributed by atoms with Crippen LogP contribution >= 0.6 is 15.9 Å². The molecule has 0 radical (unpaired) electrons. The van der Waals surface area contributed by atoms with Crippen LogP contribution in [0.5, 0.6) is 5.75 Å². The van der Waals surface area contributed by atoms with E-state index in [-0.39, 0.29) is 5.75 Å². The van der Waals surface area contributed by atoms with Crippen LogP contribution in [0.15, 0.2) is 53.0 Å². The SMILES string of the molecule is NC(=O)C(OC(=O)COc1ccc(Br)cc1F)c1ccccc1. The topological polar surface area (TPSA) is 78.6 Å². The van der Waals surface area contributed by atoms with E-state index in [0.717, 1.165) is 0 Å². The van der Waals surface area contributed by atoms with Crippen molar-refractivity contribution < 1.29 is 23.5 Å². The number of esters is 1. The number of nitrogens with two attached hydrogens (primary N) is 1. The monoisotopic (exact) mass is 381 g/mol. The van der Waals surface area contributed by atoms with Crippen LogP contribution in [0.2, 0.25) is 0 Å². The normalized spacial score (nSPS) is 11.6. The van der Waals surface area contributed by atoms with Crippen molar-refractivity contribution >= 4 is 27.8 Å². The zero-order valence-electron chi connectivity index (χ0n) is 11.9. The molecule has 7 heteroatoms. The van der Waals surface area contributed by atoms with Gasteiger partial charge in [0.1, 0.15) is 0 Å². The highest BCUT2D eigenvalue weighted by Gasteiger charge is 2.22. The molecule has 1 unspecified atom stereocenters. The minimum atomic E-state index is -1.22. The molecule has 0 aliphatic carbocycles. The van der Waals surface area contributed by atoms with Crippen LogP contribution in [0.3, 0.4) is 0 Å². The van der Waals surface area contributed by atoms with Crippen LogP contribution in [0, 0.1) is 5.82 Å². The van der Waals surface area contributed by atoms with Crippen LogP contribution in [0.1, 0.15) is 11.7 Å². The van der Waals surface area contributed by atoms with Gasteiger partial charge in [-0.3, -0.25) is 4.79 Å². The van der Waals surface area contributed by atoms with Crippen LogP contribution in [-0.4, -0.2) is 18.5 Å². The first-order valence-electron chi connectivity index (χ1n) is 6.59. The van der Waals surface area contributed by atoms with E-state index < -0.39 is 30.4 Å². The van der Waals surface area contributed by atoms with Gasteiger partial charge in [-0.05, 0) is 18.2 Å². The summed E-state index contributed by atoms with van der Waals surface area (Å²) in [5.74, 6) is -2.36. The van der Waals surface area contributed by atoms with Crippen LogP contribution in [0.4, 0.5) is 4.39 Å². The van der Waals surface area contributed by atoms with Gasteiger partial charge in [0.25, 0.3) is 5.91 Å². The van der Waals surface area contributed by atoms with Crippen molar-refractivity contribution in [2.75, 3.05) is 6.61 Å². The Hall–Kier alpha value is -2.41.